The molecule has 2 saturated heterocycles. The second-order valence-corrected chi connectivity index (χ2v) is 5.56. The van der Waals surface area contributed by atoms with E-state index in [9.17, 15) is 9.59 Å². The number of hydrogen-bond acceptors (Lipinski definition) is 3. The summed E-state index contributed by atoms with van der Waals surface area (Å²) in [7, 11) is 0. The van der Waals surface area contributed by atoms with Crippen LogP contribution in [-0.2, 0) is 9.59 Å². The van der Waals surface area contributed by atoms with E-state index in [4.69, 9.17) is 5.73 Å². The van der Waals surface area contributed by atoms with Crippen LogP contribution in [0.5, 0.6) is 0 Å². The molecule has 5 nitrogen and oxygen atoms in total. The molecule has 0 radical (unpaired) electrons. The molecule has 2 unspecified atom stereocenters. The number of nitrogens with one attached hydrogen (secondary N) is 1. The van der Waals surface area contributed by atoms with E-state index in [1.165, 1.54) is 0 Å². The highest BCUT2D eigenvalue weighted by Gasteiger charge is 2.34. The monoisotopic (exact) mass is 289 g/mol. The molecule has 0 aliphatic carbocycles. The highest BCUT2D eigenvalue weighted by molar-refractivity contribution is 5.85. The largest absolute Gasteiger partial charge is 0.369 e. The summed E-state index contributed by atoms with van der Waals surface area (Å²) in [6.45, 7) is 4.34. The minimum absolute atomic E-state index is 0. The number of piperidine rings is 2. The van der Waals surface area contributed by atoms with Crippen molar-refractivity contribution in [1.82, 2.24) is 10.2 Å². The number of nitrogens with zero attached hydrogens (tertiary/aromatic N) is 1. The van der Waals surface area contributed by atoms with E-state index in [2.05, 4.69) is 12.2 Å². The van der Waals surface area contributed by atoms with Gasteiger partial charge in [0.1, 0.15) is 0 Å². The minimum Gasteiger partial charge on any atom is -0.369 e. The highest BCUT2D eigenvalue weighted by Crippen LogP contribution is 2.25. The van der Waals surface area contributed by atoms with Crippen molar-refractivity contribution in [1.29, 1.82) is 0 Å². The molecule has 110 valence electrons. The summed E-state index contributed by atoms with van der Waals surface area (Å²) < 4.78 is 0. The molecule has 0 bridgehead atoms. The third-order valence-electron chi connectivity index (χ3n) is 4.21. The highest BCUT2D eigenvalue weighted by atomic mass is 35.5. The number of amides is 2. The van der Waals surface area contributed by atoms with Crippen molar-refractivity contribution in [2.75, 3.05) is 19.6 Å². The maximum absolute atomic E-state index is 12.5. The Kier molecular flexibility index (Phi) is 6.07. The van der Waals surface area contributed by atoms with Crippen molar-refractivity contribution in [3.8, 4) is 0 Å². The summed E-state index contributed by atoms with van der Waals surface area (Å²) in [6.07, 6.45) is 3.69. The van der Waals surface area contributed by atoms with Crippen molar-refractivity contribution in [3.05, 3.63) is 0 Å². The summed E-state index contributed by atoms with van der Waals surface area (Å²) in [5.41, 5.74) is 5.36. The van der Waals surface area contributed by atoms with Crippen molar-refractivity contribution < 1.29 is 9.59 Å². The lowest BCUT2D eigenvalue weighted by molar-refractivity contribution is -0.142. The van der Waals surface area contributed by atoms with Crippen LogP contribution in [0.3, 0.4) is 0 Å². The first-order valence-electron chi connectivity index (χ1n) is 6.90. The smallest absolute Gasteiger partial charge is 0.227 e. The summed E-state index contributed by atoms with van der Waals surface area (Å²) in [5, 5.41) is 3.26. The zero-order chi connectivity index (χ0) is 13.1. The molecular formula is C13H24ClN3O2. The molecule has 2 rings (SSSR count). The Hall–Kier alpha value is -0.810. The molecular weight excluding hydrogens is 266 g/mol. The number of primary amides is 1. The number of carbonyl (C=O) groups excluding carboxylic acids is 2. The lowest BCUT2D eigenvalue weighted by Crippen LogP contribution is -2.52. The van der Waals surface area contributed by atoms with Gasteiger partial charge in [-0.2, -0.15) is 0 Å². The van der Waals surface area contributed by atoms with Crippen LogP contribution < -0.4 is 11.1 Å². The number of likely N-dealkylation sites (tertiary alicyclic amines) is 1. The lowest BCUT2D eigenvalue weighted by Gasteiger charge is -2.39. The topological polar surface area (TPSA) is 75.4 Å². The normalized spacial score (nSPS) is 31.4. The van der Waals surface area contributed by atoms with E-state index >= 15 is 0 Å². The number of hydrogen-bond donors (Lipinski definition) is 2. The van der Waals surface area contributed by atoms with E-state index < -0.39 is 0 Å². The molecule has 3 N–H and O–H groups in total. The zero-order valence-corrected chi connectivity index (χ0v) is 12.2. The van der Waals surface area contributed by atoms with Gasteiger partial charge in [-0.25, -0.2) is 0 Å². The maximum Gasteiger partial charge on any atom is 0.227 e. The van der Waals surface area contributed by atoms with Gasteiger partial charge in [-0.1, -0.05) is 0 Å². The maximum atomic E-state index is 12.5. The summed E-state index contributed by atoms with van der Waals surface area (Å²) in [4.78, 5) is 25.6. The zero-order valence-electron chi connectivity index (χ0n) is 11.4. The fourth-order valence-corrected chi connectivity index (χ4v) is 2.94. The second kappa shape index (κ2) is 7.10. The minimum atomic E-state index is -0.276. The number of halogens is 1. The van der Waals surface area contributed by atoms with Crippen LogP contribution in [0, 0.1) is 11.8 Å². The van der Waals surface area contributed by atoms with Crippen LogP contribution in [0.4, 0.5) is 0 Å². The molecule has 6 heteroatoms. The Labute approximate surface area is 120 Å². The number of carbonyl (C=O) groups is 2. The molecule has 2 fully saturated rings. The predicted octanol–water partition coefficient (Wildman–Crippen LogP) is 0.520. The Bertz CT molecular complexity index is 332. The van der Waals surface area contributed by atoms with Gasteiger partial charge < -0.3 is 16.0 Å². The van der Waals surface area contributed by atoms with Crippen molar-refractivity contribution in [2.24, 2.45) is 17.6 Å². The van der Waals surface area contributed by atoms with E-state index in [-0.39, 0.29) is 42.1 Å². The summed E-state index contributed by atoms with van der Waals surface area (Å²) in [6, 6.07) is 0.232. The third kappa shape index (κ3) is 3.83. The SMILES string of the molecule is CC1CCC(C(N)=O)CN1C(=O)[C@@H]1CCCNC1.Cl. The van der Waals surface area contributed by atoms with Gasteiger partial charge >= 0.3 is 0 Å². The van der Waals surface area contributed by atoms with Gasteiger partial charge in [0.2, 0.25) is 11.8 Å². The van der Waals surface area contributed by atoms with Crippen molar-refractivity contribution >= 4 is 24.2 Å². The molecule has 0 aromatic rings. The van der Waals surface area contributed by atoms with E-state index in [1.54, 1.807) is 0 Å². The van der Waals surface area contributed by atoms with Crippen LogP contribution in [0.15, 0.2) is 0 Å². The van der Waals surface area contributed by atoms with Crippen molar-refractivity contribution in [3.63, 3.8) is 0 Å². The molecule has 2 aliphatic rings. The van der Waals surface area contributed by atoms with Gasteiger partial charge in [-0.05, 0) is 39.2 Å². The van der Waals surface area contributed by atoms with Gasteiger partial charge in [-0.15, -0.1) is 12.4 Å². The van der Waals surface area contributed by atoms with Crippen LogP contribution in [0.25, 0.3) is 0 Å². The van der Waals surface area contributed by atoms with Crippen molar-refractivity contribution in [2.45, 2.75) is 38.6 Å². The fourth-order valence-electron chi connectivity index (χ4n) is 2.94. The average molecular weight is 290 g/mol. The molecule has 2 amide bonds. The molecule has 19 heavy (non-hydrogen) atoms. The first-order chi connectivity index (χ1) is 8.59. The molecule has 0 saturated carbocycles. The van der Waals surface area contributed by atoms with E-state index in [0.717, 1.165) is 38.8 Å². The standard InChI is InChI=1S/C13H23N3O2.ClH/c1-9-4-5-11(12(14)17)8-16(9)13(18)10-3-2-6-15-7-10;/h9-11,15H,2-8H2,1H3,(H2,14,17);1H/t9?,10-,11?;/m1./s1. The Morgan fingerprint density at radius 3 is 2.53 bits per heavy atom. The summed E-state index contributed by atoms with van der Waals surface area (Å²) >= 11 is 0. The first-order valence-corrected chi connectivity index (χ1v) is 6.90. The molecule has 2 heterocycles. The van der Waals surface area contributed by atoms with Gasteiger partial charge in [-0.3, -0.25) is 9.59 Å². The van der Waals surface area contributed by atoms with Gasteiger partial charge in [0, 0.05) is 19.1 Å². The number of rotatable bonds is 2. The molecule has 2 aliphatic heterocycles. The first kappa shape index (κ1) is 16.2. The molecule has 0 spiro atoms. The van der Waals surface area contributed by atoms with Gasteiger partial charge in [0.25, 0.3) is 0 Å². The average Bonchev–Trinajstić information content (AvgIpc) is 2.39. The van der Waals surface area contributed by atoms with Crippen LogP contribution in [-0.4, -0.2) is 42.4 Å². The quantitative estimate of drug-likeness (QED) is 0.778. The van der Waals surface area contributed by atoms with Gasteiger partial charge in [0.05, 0.1) is 11.8 Å². The second-order valence-electron chi connectivity index (χ2n) is 5.56. The van der Waals surface area contributed by atoms with E-state index in [0.29, 0.717) is 6.54 Å². The van der Waals surface area contributed by atoms with E-state index in [1.807, 2.05) is 4.90 Å². The number of nitrogens with two attached hydrogens (primary N) is 1. The molecule has 0 aromatic heterocycles. The van der Waals surface area contributed by atoms with Crippen LogP contribution in [0.2, 0.25) is 0 Å². The Morgan fingerprint density at radius 2 is 1.95 bits per heavy atom. The molecule has 0 aromatic carbocycles. The molecule has 3 atom stereocenters. The predicted molar refractivity (Wildman–Crippen MR) is 75.9 cm³/mol. The van der Waals surface area contributed by atoms with Crippen LogP contribution in [0.1, 0.15) is 32.6 Å². The lowest BCUT2D eigenvalue weighted by atomic mass is 9.90. The van der Waals surface area contributed by atoms with Gasteiger partial charge in [0.15, 0.2) is 0 Å². The summed E-state index contributed by atoms with van der Waals surface area (Å²) in [5.74, 6) is -0.170. The Balaban J connectivity index is 0.00000180. The third-order valence-corrected chi connectivity index (χ3v) is 4.21. The Morgan fingerprint density at radius 1 is 1.21 bits per heavy atom. The fraction of sp³-hybridized carbons (Fsp3) is 0.846. The van der Waals surface area contributed by atoms with Crippen LogP contribution >= 0.6 is 12.4 Å².